The van der Waals surface area contributed by atoms with Gasteiger partial charge in [-0.15, -0.1) is 0 Å². The number of carbonyl (C=O) groups is 1. The van der Waals surface area contributed by atoms with Gasteiger partial charge >= 0.3 is 6.16 Å². The van der Waals surface area contributed by atoms with E-state index in [0.717, 1.165) is 12.0 Å². The van der Waals surface area contributed by atoms with Crippen LogP contribution in [0, 0.1) is 24.2 Å². The van der Waals surface area contributed by atoms with Crippen LogP contribution in [0.1, 0.15) is 70.5 Å². The molecule has 0 saturated carbocycles. The van der Waals surface area contributed by atoms with Crippen LogP contribution in [-0.2, 0) is 26.2 Å². The molecule has 7 nitrogen and oxygen atoms in total. The van der Waals surface area contributed by atoms with E-state index in [9.17, 15) is 10.1 Å². The van der Waals surface area contributed by atoms with Crippen LogP contribution in [-0.4, -0.2) is 29.3 Å². The van der Waals surface area contributed by atoms with Crippen LogP contribution in [0.25, 0.3) is 11.3 Å². The van der Waals surface area contributed by atoms with Crippen molar-refractivity contribution in [2.75, 3.05) is 13.4 Å². The Morgan fingerprint density at radius 1 is 1.18 bits per heavy atom. The van der Waals surface area contributed by atoms with Gasteiger partial charge in [0.25, 0.3) is 0 Å². The first-order chi connectivity index (χ1) is 16.0. The predicted octanol–water partition coefficient (Wildman–Crippen LogP) is 6.73. The van der Waals surface area contributed by atoms with Gasteiger partial charge in [0.05, 0.1) is 17.3 Å². The predicted molar refractivity (Wildman–Crippen MR) is 133 cm³/mol. The third kappa shape index (κ3) is 6.77. The van der Waals surface area contributed by atoms with E-state index in [0.29, 0.717) is 28.5 Å². The first-order valence-corrected chi connectivity index (χ1v) is 11.8. The van der Waals surface area contributed by atoms with E-state index < -0.39 is 12.9 Å². The number of aromatic nitrogens is 2. The molecule has 2 aromatic rings. The van der Waals surface area contributed by atoms with Crippen LogP contribution < -0.4 is 0 Å². The molecule has 0 radical (unpaired) electrons. The number of hydrogen-bond donors (Lipinski definition) is 0. The summed E-state index contributed by atoms with van der Waals surface area (Å²) in [4.78, 5) is 12.0. The zero-order valence-electron chi connectivity index (χ0n) is 21.1. The number of benzene rings is 1. The summed E-state index contributed by atoms with van der Waals surface area (Å²) in [6, 6.07) is 9.94. The fourth-order valence-electron chi connectivity index (χ4n) is 3.15. The van der Waals surface area contributed by atoms with Crippen molar-refractivity contribution in [3.63, 3.8) is 0 Å². The van der Waals surface area contributed by atoms with Crippen molar-refractivity contribution in [1.82, 2.24) is 9.78 Å². The SMILES string of the molecule is CCC(C)COC(=O)OCO/C(=C(/C#N)c1ccc(C(C)(C)C)cc1)c1c(Cl)c(C)nn1CC. The summed E-state index contributed by atoms with van der Waals surface area (Å²) in [5, 5.41) is 14.9. The monoisotopic (exact) mass is 487 g/mol. The molecular formula is C26H34ClN3O4. The van der Waals surface area contributed by atoms with Gasteiger partial charge in [-0.25, -0.2) is 4.79 Å². The first kappa shape index (κ1) is 27.3. The highest BCUT2D eigenvalue weighted by Gasteiger charge is 2.24. The van der Waals surface area contributed by atoms with Gasteiger partial charge in [-0.05, 0) is 36.3 Å². The van der Waals surface area contributed by atoms with Crippen molar-refractivity contribution in [3.05, 3.63) is 51.8 Å². The number of nitrogens with zero attached hydrogens (tertiary/aromatic N) is 3. The summed E-state index contributed by atoms with van der Waals surface area (Å²) in [5.41, 5.74) is 3.08. The number of allylic oxidation sites excluding steroid dienone is 1. The molecule has 1 heterocycles. The van der Waals surface area contributed by atoms with Crippen molar-refractivity contribution in [1.29, 1.82) is 5.26 Å². The molecular weight excluding hydrogens is 454 g/mol. The Kier molecular flexibility index (Phi) is 9.57. The average Bonchev–Trinajstić information content (AvgIpc) is 3.09. The molecule has 1 aromatic heterocycles. The number of nitriles is 1. The molecule has 0 fully saturated rings. The van der Waals surface area contributed by atoms with Crippen LogP contribution in [0.5, 0.6) is 0 Å². The molecule has 0 aliphatic rings. The molecule has 0 bridgehead atoms. The van der Waals surface area contributed by atoms with Crippen LogP contribution >= 0.6 is 11.6 Å². The van der Waals surface area contributed by atoms with Crippen molar-refractivity contribution in [3.8, 4) is 6.07 Å². The molecule has 1 aromatic carbocycles. The molecule has 34 heavy (non-hydrogen) atoms. The molecule has 0 saturated heterocycles. The topological polar surface area (TPSA) is 86.4 Å². The lowest BCUT2D eigenvalue weighted by molar-refractivity contribution is -0.0104. The van der Waals surface area contributed by atoms with E-state index in [4.69, 9.17) is 25.8 Å². The van der Waals surface area contributed by atoms with Crippen molar-refractivity contribution in [2.24, 2.45) is 5.92 Å². The first-order valence-electron chi connectivity index (χ1n) is 11.4. The summed E-state index contributed by atoms with van der Waals surface area (Å²) in [5.74, 6) is 0.416. The minimum absolute atomic E-state index is 0.0287. The number of rotatable bonds is 9. The van der Waals surface area contributed by atoms with Crippen molar-refractivity contribution in [2.45, 2.75) is 66.8 Å². The molecule has 0 aliphatic carbocycles. The molecule has 0 amide bonds. The van der Waals surface area contributed by atoms with E-state index >= 15 is 0 Å². The second-order valence-electron chi connectivity index (χ2n) is 9.19. The maximum atomic E-state index is 12.0. The molecule has 2 rings (SSSR count). The number of carbonyl (C=O) groups excluding carboxylic acids is 1. The molecule has 8 heteroatoms. The standard InChI is InChI=1S/C26H34ClN3O4/c1-8-17(3)15-32-25(31)34-16-33-24(23-22(27)18(4)29-30(23)9-2)21(14-28)19-10-12-20(13-11-19)26(5,6)7/h10-13,17H,8-9,15-16H2,1-7H3/b24-21-. The molecule has 0 aliphatic heterocycles. The highest BCUT2D eigenvalue weighted by Crippen LogP contribution is 2.34. The minimum atomic E-state index is -0.834. The van der Waals surface area contributed by atoms with Crippen molar-refractivity contribution < 1.29 is 19.0 Å². The molecule has 0 N–H and O–H groups in total. The second-order valence-corrected chi connectivity index (χ2v) is 9.57. The number of ether oxygens (including phenoxy) is 3. The zero-order valence-corrected chi connectivity index (χ0v) is 21.8. The summed E-state index contributed by atoms with van der Waals surface area (Å²) >= 11 is 6.56. The Balaban J connectivity index is 2.43. The molecule has 1 unspecified atom stereocenters. The smallest absolute Gasteiger partial charge is 0.453 e. The maximum Gasteiger partial charge on any atom is 0.511 e. The Morgan fingerprint density at radius 3 is 2.35 bits per heavy atom. The normalized spacial score (nSPS) is 13.0. The van der Waals surface area contributed by atoms with Crippen LogP contribution in [0.15, 0.2) is 24.3 Å². The second kappa shape index (κ2) is 11.9. The van der Waals surface area contributed by atoms with E-state index in [1.54, 1.807) is 11.6 Å². The summed E-state index contributed by atoms with van der Waals surface area (Å²) < 4.78 is 17.7. The van der Waals surface area contributed by atoms with Gasteiger partial charge in [-0.3, -0.25) is 4.68 Å². The number of hydrogen-bond acceptors (Lipinski definition) is 6. The zero-order chi connectivity index (χ0) is 25.5. The molecule has 0 spiro atoms. The molecule has 1 atom stereocenters. The third-order valence-corrected chi connectivity index (χ3v) is 5.96. The van der Waals surface area contributed by atoms with Gasteiger partial charge < -0.3 is 14.2 Å². The average molecular weight is 488 g/mol. The lowest BCUT2D eigenvalue weighted by atomic mass is 9.86. The van der Waals surface area contributed by atoms with Gasteiger partial charge in [0.1, 0.15) is 17.3 Å². The van der Waals surface area contributed by atoms with Gasteiger partial charge in [-0.1, -0.05) is 76.9 Å². The Hall–Kier alpha value is -2.98. The Bertz CT molecular complexity index is 1060. The minimum Gasteiger partial charge on any atom is -0.453 e. The molecule has 184 valence electrons. The highest BCUT2D eigenvalue weighted by atomic mass is 35.5. The highest BCUT2D eigenvalue weighted by molar-refractivity contribution is 6.33. The Labute approximate surface area is 207 Å². The quantitative estimate of drug-likeness (QED) is 0.169. The fourth-order valence-corrected chi connectivity index (χ4v) is 3.38. The Morgan fingerprint density at radius 2 is 1.82 bits per heavy atom. The van der Waals surface area contributed by atoms with Crippen LogP contribution in [0.4, 0.5) is 4.79 Å². The van der Waals surface area contributed by atoms with Crippen LogP contribution in [0.3, 0.4) is 0 Å². The lowest BCUT2D eigenvalue weighted by Crippen LogP contribution is -2.15. The maximum absolute atomic E-state index is 12.0. The lowest BCUT2D eigenvalue weighted by Gasteiger charge is -2.19. The van der Waals surface area contributed by atoms with E-state index in [1.165, 1.54) is 0 Å². The summed E-state index contributed by atoms with van der Waals surface area (Å²) in [7, 11) is 0. The van der Waals surface area contributed by atoms with E-state index in [-0.39, 0.29) is 29.3 Å². The van der Waals surface area contributed by atoms with E-state index in [1.807, 2.05) is 45.0 Å². The number of halogens is 1. The van der Waals surface area contributed by atoms with Gasteiger partial charge in [0.15, 0.2) is 5.76 Å². The van der Waals surface area contributed by atoms with Gasteiger partial charge in [0, 0.05) is 6.54 Å². The van der Waals surface area contributed by atoms with Gasteiger partial charge in [0.2, 0.25) is 6.79 Å². The summed E-state index contributed by atoms with van der Waals surface area (Å²) in [6.07, 6.45) is 0.0497. The van der Waals surface area contributed by atoms with Gasteiger partial charge in [-0.2, -0.15) is 10.4 Å². The van der Waals surface area contributed by atoms with Crippen molar-refractivity contribution >= 4 is 29.1 Å². The van der Waals surface area contributed by atoms with Crippen LogP contribution in [0.2, 0.25) is 5.02 Å². The third-order valence-electron chi connectivity index (χ3n) is 5.51. The fraction of sp³-hybridized carbons (Fsp3) is 0.500. The number of aryl methyl sites for hydroxylation is 2. The summed E-state index contributed by atoms with van der Waals surface area (Å²) in [6.45, 7) is 14.4. The largest absolute Gasteiger partial charge is 0.511 e. The van der Waals surface area contributed by atoms with E-state index in [2.05, 4.69) is 31.9 Å².